The maximum atomic E-state index is 14.5. The monoisotopic (exact) mass is 1370 g/mol. The van der Waals surface area contributed by atoms with E-state index in [4.69, 9.17) is 22.9 Å². The minimum atomic E-state index is -1.72. The highest BCUT2D eigenvalue weighted by Crippen LogP contribution is 2.23. The van der Waals surface area contributed by atoms with Crippen LogP contribution in [-0.2, 0) is 70.4 Å². The molecule has 1 fully saturated rings. The molecule has 1 aliphatic rings. The van der Waals surface area contributed by atoms with Crippen LogP contribution in [0.5, 0.6) is 5.75 Å². The first-order chi connectivity index (χ1) is 44.9. The minimum Gasteiger partial charge on any atom is -0.508 e. The van der Waals surface area contributed by atoms with Crippen LogP contribution < -0.4 is 81.4 Å². The molecule has 3 rings (SSSR count). The van der Waals surface area contributed by atoms with Gasteiger partial charge in [-0.15, -0.1) is 0 Å². The number of carbonyl (C=O) groups is 12. The molecule has 2 aromatic rings. The third kappa shape index (κ3) is 30.8. The van der Waals surface area contributed by atoms with Crippen LogP contribution in [0.25, 0.3) is 0 Å². The number of aliphatic hydroxyl groups excluding tert-OH is 1. The molecule has 528 valence electrons. The second-order valence-corrected chi connectivity index (χ2v) is 27.0. The van der Waals surface area contributed by atoms with E-state index in [9.17, 15) is 72.9 Å². The Morgan fingerprint density at radius 3 is 1.46 bits per heavy atom. The quantitative estimate of drug-likeness (QED) is 0.0277. The number of carboxylic acids is 1. The fourth-order valence-electron chi connectivity index (χ4n) is 9.59. The number of phenols is 1. The molecular weight excluding hydrogens is 1270 g/mol. The Morgan fingerprint density at radius 2 is 0.958 bits per heavy atom. The van der Waals surface area contributed by atoms with Gasteiger partial charge in [0.25, 0.3) is 0 Å². The van der Waals surface area contributed by atoms with Crippen LogP contribution in [0.3, 0.4) is 0 Å². The molecule has 31 nitrogen and oxygen atoms in total. The maximum Gasteiger partial charge on any atom is 0.327 e. The molecule has 2 aromatic carbocycles. The normalized spacial score (nSPS) is 24.7. The Hall–Kier alpha value is -8.27. The molecule has 0 radical (unpaired) electrons. The molecule has 5 unspecified atom stereocenters. The Morgan fingerprint density at radius 1 is 0.526 bits per heavy atom. The molecule has 0 bridgehead atoms. The van der Waals surface area contributed by atoms with Crippen LogP contribution in [-0.4, -0.2) is 196 Å². The lowest BCUT2D eigenvalue weighted by Gasteiger charge is -2.28. The number of carboxylic acid groups (broad SMARTS) is 1. The van der Waals surface area contributed by atoms with Gasteiger partial charge in [0.05, 0.1) is 19.2 Å². The highest BCUT2D eigenvalue weighted by Gasteiger charge is 2.36. The molecule has 0 spiro atoms. The summed E-state index contributed by atoms with van der Waals surface area (Å²) in [5.74, 6) is -12.6. The molecular formula is C62H98N16O15S2. The van der Waals surface area contributed by atoms with E-state index < -0.39 is 151 Å². The first kappa shape index (κ1) is 81.0. The van der Waals surface area contributed by atoms with Gasteiger partial charge in [-0.1, -0.05) is 106 Å². The van der Waals surface area contributed by atoms with Crippen molar-refractivity contribution < 1.29 is 72.9 Å². The number of aromatic hydroxyl groups is 1. The summed E-state index contributed by atoms with van der Waals surface area (Å²) < 4.78 is 0. The van der Waals surface area contributed by atoms with E-state index in [2.05, 4.69) is 63.5 Å². The van der Waals surface area contributed by atoms with Crippen molar-refractivity contribution >= 4 is 98.5 Å². The summed E-state index contributed by atoms with van der Waals surface area (Å²) >= 11 is 0. The Balaban J connectivity index is 2.12. The van der Waals surface area contributed by atoms with Gasteiger partial charge in [0, 0.05) is 30.9 Å². The smallest absolute Gasteiger partial charge is 0.327 e. The molecule has 33 heteroatoms. The predicted octanol–water partition coefficient (Wildman–Crippen LogP) is -2.72. The van der Waals surface area contributed by atoms with Crippen LogP contribution in [0, 0.1) is 17.8 Å². The predicted molar refractivity (Wildman–Crippen MR) is 359 cm³/mol. The summed E-state index contributed by atoms with van der Waals surface area (Å²) in [5.41, 5.74) is 24.2. The highest BCUT2D eigenvalue weighted by atomic mass is 33.1. The van der Waals surface area contributed by atoms with Crippen molar-refractivity contribution in [2.45, 2.75) is 179 Å². The lowest BCUT2D eigenvalue weighted by molar-refractivity contribution is -0.141. The molecule has 1 saturated heterocycles. The van der Waals surface area contributed by atoms with Gasteiger partial charge in [0.15, 0.2) is 5.96 Å². The van der Waals surface area contributed by atoms with E-state index in [0.717, 1.165) is 21.6 Å². The van der Waals surface area contributed by atoms with Crippen LogP contribution in [0.2, 0.25) is 0 Å². The number of aliphatic carboxylic acids is 1. The molecule has 0 aromatic heterocycles. The fraction of sp³-hybridized carbons (Fsp3) is 0.597. The SMILES string of the molecule is CC(C)CC1NC(=O)[C@@H](N)CSSCC(C(=O)O)NC(=O)[C@H](C)NC(=O)C(Cc2ccccc2)NC(=O)[C@H](CC(C)C)NC(=O)[C@H](CCCN=C(N)N)NC(=O)CNC(=O)[C@H](CCCCN)NC(=O)C(CO)NC(=O)[C@H](CC(C)C)NC(=O)C(Cc2ccc(O)cc2)NC1=O. The van der Waals surface area contributed by atoms with Gasteiger partial charge < -0.3 is 96.7 Å². The van der Waals surface area contributed by atoms with E-state index >= 15 is 0 Å². The molecule has 11 atom stereocenters. The summed E-state index contributed by atoms with van der Waals surface area (Å²) in [7, 11) is 1.95. The maximum absolute atomic E-state index is 14.5. The number of unbranched alkanes of at least 4 members (excludes halogenated alkanes) is 1. The van der Waals surface area contributed by atoms with Crippen molar-refractivity contribution in [2.24, 2.45) is 45.7 Å². The third-order valence-electron chi connectivity index (χ3n) is 14.6. The average Bonchev–Trinajstić information content (AvgIpc) is 1.04. The van der Waals surface area contributed by atoms with Gasteiger partial charge >= 0.3 is 5.97 Å². The number of benzene rings is 2. The summed E-state index contributed by atoms with van der Waals surface area (Å²) in [6.07, 6.45) is 0.378. The van der Waals surface area contributed by atoms with E-state index in [-0.39, 0.29) is 112 Å². The number of hydrogen-bond donors (Lipinski definition) is 18. The highest BCUT2D eigenvalue weighted by molar-refractivity contribution is 8.76. The van der Waals surface area contributed by atoms with Crippen molar-refractivity contribution in [1.82, 2.24) is 58.5 Å². The van der Waals surface area contributed by atoms with Gasteiger partial charge in [-0.05, 0) is 106 Å². The number of aliphatic hydroxyl groups is 1. The largest absolute Gasteiger partial charge is 0.508 e. The van der Waals surface area contributed by atoms with Crippen molar-refractivity contribution in [3.63, 3.8) is 0 Å². The summed E-state index contributed by atoms with van der Waals surface area (Å²) in [5, 5.41) is 59.1. The third-order valence-corrected chi connectivity index (χ3v) is 17.1. The molecule has 11 amide bonds. The van der Waals surface area contributed by atoms with Crippen molar-refractivity contribution in [3.8, 4) is 5.75 Å². The second-order valence-electron chi connectivity index (χ2n) is 24.4. The number of aliphatic imine (C=N–C) groups is 1. The molecule has 0 aliphatic carbocycles. The van der Waals surface area contributed by atoms with Crippen LogP contribution >= 0.6 is 21.6 Å². The Kier molecular flexibility index (Phi) is 36.0. The standard InChI is InChI=1S/C62H98N16O15S2/c1-33(2)24-43-56(87)76-47(28-38-18-20-39(80)21-19-38)59(90)74-45(26-35(5)6)58(89)77-48(30-79)60(91)71-41(16-11-12-22-63)53(84)68-29-50(81)70-42(17-13-23-67-62(65)66)54(85)73-44(25-34(3)4)57(88)75-46(27-37-14-9-8-10-15-37)55(86)69-36(7)51(82)78-49(61(92)93)32-95-94-31-40(64)52(83)72-43/h8-10,14-15,18-21,33-36,40-49,79-80H,11-13,16-17,22-32,63-64H2,1-7H3,(H,68,84)(H,69,86)(H,70,81)(H,71,91)(H,72,83)(H,73,85)(H,74,90)(H,75,88)(H,76,87)(H,77,89)(H,78,82)(H,92,93)(H4,65,66,67)/t36-,40-,41-,42-,43?,44-,45-,46?,47?,48?,49?/m0/s1. The van der Waals surface area contributed by atoms with Crippen LogP contribution in [0.15, 0.2) is 59.6 Å². The summed E-state index contributed by atoms with van der Waals surface area (Å²) in [6, 6.07) is -1.28. The zero-order chi connectivity index (χ0) is 70.9. The van der Waals surface area contributed by atoms with Gasteiger partial charge in [-0.25, -0.2) is 4.79 Å². The number of phenolic OH excluding ortho intramolecular Hbond substituents is 1. The topological polar surface area (TPSA) is 514 Å². The summed E-state index contributed by atoms with van der Waals surface area (Å²) in [4.78, 5) is 171. The number of rotatable bonds is 20. The van der Waals surface area contributed by atoms with Gasteiger partial charge in [0.2, 0.25) is 65.0 Å². The lowest BCUT2D eigenvalue weighted by Crippen LogP contribution is -2.60. The van der Waals surface area contributed by atoms with E-state index in [1.54, 1.807) is 71.9 Å². The summed E-state index contributed by atoms with van der Waals surface area (Å²) in [6.45, 7) is 10.4. The number of hydrogen-bond acceptors (Lipinski definition) is 19. The van der Waals surface area contributed by atoms with Gasteiger partial charge in [-0.2, -0.15) is 0 Å². The Bertz CT molecular complexity index is 2910. The molecule has 1 aliphatic heterocycles. The van der Waals surface area contributed by atoms with E-state index in [0.29, 0.717) is 17.5 Å². The number of nitrogens with two attached hydrogens (primary N) is 4. The van der Waals surface area contributed by atoms with Crippen molar-refractivity contribution in [2.75, 3.05) is 37.7 Å². The number of guanidine groups is 1. The van der Waals surface area contributed by atoms with E-state index in [1.165, 1.54) is 31.2 Å². The van der Waals surface area contributed by atoms with E-state index in [1.807, 2.05) is 0 Å². The second kappa shape index (κ2) is 42.2. The molecule has 95 heavy (non-hydrogen) atoms. The first-order valence-corrected chi connectivity index (χ1v) is 34.1. The lowest BCUT2D eigenvalue weighted by atomic mass is 9.99. The van der Waals surface area contributed by atoms with Crippen LogP contribution in [0.4, 0.5) is 0 Å². The number of carbonyl (C=O) groups excluding carboxylic acids is 11. The zero-order valence-corrected chi connectivity index (χ0v) is 56.5. The molecule has 1 heterocycles. The van der Waals surface area contributed by atoms with Crippen molar-refractivity contribution in [3.05, 3.63) is 65.7 Å². The average molecular weight is 1370 g/mol. The number of nitrogens with zero attached hydrogens (tertiary/aromatic N) is 1. The Labute approximate surface area is 561 Å². The van der Waals surface area contributed by atoms with Gasteiger partial charge in [0.1, 0.15) is 66.2 Å². The van der Waals surface area contributed by atoms with Crippen LogP contribution in [0.1, 0.15) is 111 Å². The number of nitrogens with one attached hydrogen (secondary N) is 11. The molecule has 22 N–H and O–H groups in total. The van der Waals surface area contributed by atoms with Crippen molar-refractivity contribution in [1.29, 1.82) is 0 Å². The minimum absolute atomic E-state index is 0.0144. The number of amides is 11. The zero-order valence-electron chi connectivity index (χ0n) is 54.9. The van der Waals surface area contributed by atoms with Gasteiger partial charge in [-0.3, -0.25) is 57.7 Å². The fourth-order valence-corrected chi connectivity index (χ4v) is 11.9. The molecule has 0 saturated carbocycles. The first-order valence-electron chi connectivity index (χ1n) is 31.6.